The molecule has 1 heterocycles. The molecule has 1 rings (SSSR count). The Kier molecular flexibility index (Phi) is 9.32. The van der Waals surface area contributed by atoms with E-state index in [1.54, 1.807) is 0 Å². The van der Waals surface area contributed by atoms with Gasteiger partial charge in [0.1, 0.15) is 0 Å². The number of unbranched alkanes of at least 4 members (excludes halogenated alkanes) is 3. The Balaban J connectivity index is 3.41. The number of amides is 1. The van der Waals surface area contributed by atoms with Gasteiger partial charge in [0.15, 0.2) is 0 Å². The molecule has 1 aromatic rings. The molecule has 0 spiro atoms. The van der Waals surface area contributed by atoms with Crippen molar-refractivity contribution in [2.45, 2.75) is 86.5 Å². The van der Waals surface area contributed by atoms with E-state index in [0.717, 1.165) is 5.56 Å². The van der Waals surface area contributed by atoms with Crippen LogP contribution in [0.5, 0.6) is 0 Å². The van der Waals surface area contributed by atoms with Crippen molar-refractivity contribution >= 4 is 28.0 Å². The Hall–Kier alpha value is -0.581. The van der Waals surface area contributed by atoms with Gasteiger partial charge in [0.05, 0.1) is 0 Å². The third-order valence-electron chi connectivity index (χ3n) is 5.34. The van der Waals surface area contributed by atoms with E-state index in [-0.39, 0.29) is 5.91 Å². The number of pyridine rings is 1. The Morgan fingerprint density at radius 2 is 1.46 bits per heavy atom. The molecule has 0 radical (unpaired) electrons. The summed E-state index contributed by atoms with van der Waals surface area (Å²) in [4.78, 5) is 16.8. The molecule has 0 aromatic carbocycles. The second-order valence-electron chi connectivity index (χ2n) is 7.25. The number of aryl methyl sites for hydroxylation is 1. The summed E-state index contributed by atoms with van der Waals surface area (Å²) < 4.78 is 5.38. The monoisotopic (exact) mass is 440 g/mol. The molecule has 1 amide bonds. The van der Waals surface area contributed by atoms with Crippen LogP contribution in [0.25, 0.3) is 0 Å². The van der Waals surface area contributed by atoms with Crippen molar-refractivity contribution in [3.05, 3.63) is 22.9 Å². The predicted molar refractivity (Wildman–Crippen MR) is 107 cm³/mol. The average Bonchev–Trinajstić information content (AvgIpc) is 2.56. The number of rotatable bonds is 11. The van der Waals surface area contributed by atoms with Gasteiger partial charge in [0, 0.05) is 0 Å². The molecule has 2 N–H and O–H groups in total. The molecular formula is C20H36N2OSn. The summed E-state index contributed by atoms with van der Waals surface area (Å²) in [6.45, 7) is 10.9. The van der Waals surface area contributed by atoms with E-state index in [4.69, 9.17) is 10.7 Å². The van der Waals surface area contributed by atoms with Crippen molar-refractivity contribution in [2.75, 3.05) is 0 Å². The Morgan fingerprint density at radius 3 is 1.83 bits per heavy atom. The van der Waals surface area contributed by atoms with Gasteiger partial charge in [-0.15, -0.1) is 0 Å². The molecule has 0 aliphatic heterocycles. The van der Waals surface area contributed by atoms with Crippen LogP contribution in [0.2, 0.25) is 13.3 Å². The van der Waals surface area contributed by atoms with Crippen LogP contribution in [0.3, 0.4) is 0 Å². The summed E-state index contributed by atoms with van der Waals surface area (Å²) in [6, 6.07) is 2.30. The van der Waals surface area contributed by atoms with Crippen molar-refractivity contribution in [2.24, 2.45) is 5.73 Å². The average molecular weight is 439 g/mol. The number of aromatic nitrogens is 1. The number of nitrogens with two attached hydrogens (primary N) is 1. The van der Waals surface area contributed by atoms with Crippen LogP contribution in [-0.4, -0.2) is 29.3 Å². The first-order chi connectivity index (χ1) is 11.4. The molecule has 136 valence electrons. The number of carbonyl (C=O) groups excluding carboxylic acids is 1. The molecule has 0 aliphatic rings. The number of hydrogen-bond donors (Lipinski definition) is 1. The van der Waals surface area contributed by atoms with Gasteiger partial charge >= 0.3 is 153 Å². The quantitative estimate of drug-likeness (QED) is 0.501. The van der Waals surface area contributed by atoms with E-state index in [1.807, 2.05) is 6.92 Å². The number of hydrogen-bond acceptors (Lipinski definition) is 2. The third kappa shape index (κ3) is 5.47. The number of nitrogens with zero attached hydrogens (tertiary/aromatic N) is 1. The van der Waals surface area contributed by atoms with Crippen molar-refractivity contribution < 1.29 is 4.79 Å². The summed E-state index contributed by atoms with van der Waals surface area (Å²) in [5.74, 6) is -0.376. The Morgan fingerprint density at radius 1 is 1.00 bits per heavy atom. The van der Waals surface area contributed by atoms with Crippen molar-refractivity contribution in [1.29, 1.82) is 0 Å². The summed E-state index contributed by atoms with van der Waals surface area (Å²) >= 11 is -2.59. The summed E-state index contributed by atoms with van der Waals surface area (Å²) in [6.07, 6.45) is 7.61. The fourth-order valence-electron chi connectivity index (χ4n) is 3.55. The molecule has 0 saturated carbocycles. The van der Waals surface area contributed by atoms with E-state index in [0.29, 0.717) is 5.69 Å². The van der Waals surface area contributed by atoms with Crippen LogP contribution in [0, 0.1) is 13.8 Å². The Bertz CT molecular complexity index is 521. The molecule has 1 aromatic heterocycles. The van der Waals surface area contributed by atoms with Gasteiger partial charge in [0.2, 0.25) is 0 Å². The van der Waals surface area contributed by atoms with Crippen LogP contribution in [0.4, 0.5) is 0 Å². The maximum atomic E-state index is 11.9. The zero-order chi connectivity index (χ0) is 18.2. The fraction of sp³-hybridized carbons (Fsp3) is 0.700. The number of carbonyl (C=O) groups is 1. The maximum absolute atomic E-state index is 11.9. The summed E-state index contributed by atoms with van der Waals surface area (Å²) in [5, 5.41) is 0. The molecule has 0 fully saturated rings. The standard InChI is InChI=1S/C8H9N2O.3C4H9.Sn/c1-5-3-4-10-7(6(5)2)8(9)11;3*1-3-4-2;/h3H,1-2H3,(H2,9,11);3*1,3-4H2,2H3;. The molecule has 0 unspecified atom stereocenters. The van der Waals surface area contributed by atoms with Crippen LogP contribution >= 0.6 is 0 Å². The second-order valence-corrected chi connectivity index (χ2v) is 20.3. The summed E-state index contributed by atoms with van der Waals surface area (Å²) in [7, 11) is 0. The van der Waals surface area contributed by atoms with E-state index >= 15 is 0 Å². The zero-order valence-corrected chi connectivity index (χ0v) is 19.2. The zero-order valence-electron chi connectivity index (χ0n) is 16.4. The van der Waals surface area contributed by atoms with Gasteiger partial charge in [-0.25, -0.2) is 0 Å². The molecule has 4 heteroatoms. The van der Waals surface area contributed by atoms with Gasteiger partial charge in [-0.3, -0.25) is 0 Å². The van der Waals surface area contributed by atoms with Gasteiger partial charge in [-0.2, -0.15) is 0 Å². The molecule has 0 saturated heterocycles. The van der Waals surface area contributed by atoms with Gasteiger partial charge in [0.25, 0.3) is 0 Å². The van der Waals surface area contributed by atoms with Crippen LogP contribution < -0.4 is 9.44 Å². The molecule has 0 bridgehead atoms. The summed E-state index contributed by atoms with van der Waals surface area (Å²) in [5.41, 5.74) is 8.26. The van der Waals surface area contributed by atoms with E-state index in [2.05, 4.69) is 33.8 Å². The fourth-order valence-corrected chi connectivity index (χ4v) is 19.2. The Labute approximate surface area is 152 Å². The molecular weight excluding hydrogens is 403 g/mol. The van der Waals surface area contributed by atoms with E-state index in [9.17, 15) is 4.79 Å². The third-order valence-corrected chi connectivity index (χ3v) is 20.4. The van der Waals surface area contributed by atoms with E-state index < -0.39 is 18.4 Å². The SMILES string of the molecule is CCC[CH2][Sn]([CH2]CCC)([CH2]CCC)[c]1cc(C)c(C)c(C(N)=O)n1. The molecule has 0 aliphatic carbocycles. The molecule has 0 atom stereocenters. The van der Waals surface area contributed by atoms with Crippen molar-refractivity contribution in [3.8, 4) is 0 Å². The minimum atomic E-state index is -2.59. The number of primary amides is 1. The van der Waals surface area contributed by atoms with Crippen molar-refractivity contribution in [3.63, 3.8) is 0 Å². The first-order valence-corrected chi connectivity index (χ1v) is 17.2. The second kappa shape index (κ2) is 10.4. The molecule has 3 nitrogen and oxygen atoms in total. The first kappa shape index (κ1) is 21.5. The normalized spacial score (nSPS) is 11.7. The van der Waals surface area contributed by atoms with Crippen molar-refractivity contribution in [1.82, 2.24) is 4.98 Å². The minimum absolute atomic E-state index is 0.376. The van der Waals surface area contributed by atoms with Gasteiger partial charge in [-0.1, -0.05) is 0 Å². The van der Waals surface area contributed by atoms with E-state index in [1.165, 1.54) is 61.1 Å². The van der Waals surface area contributed by atoms with Crippen LogP contribution in [0.15, 0.2) is 6.07 Å². The van der Waals surface area contributed by atoms with Crippen LogP contribution in [-0.2, 0) is 0 Å². The predicted octanol–water partition coefficient (Wildman–Crippen LogP) is 4.85. The van der Waals surface area contributed by atoms with Crippen LogP contribution in [0.1, 0.15) is 80.9 Å². The van der Waals surface area contributed by atoms with Gasteiger partial charge < -0.3 is 0 Å². The topological polar surface area (TPSA) is 56.0 Å². The first-order valence-electron chi connectivity index (χ1n) is 9.70. The molecule has 24 heavy (non-hydrogen) atoms. The van der Waals surface area contributed by atoms with Gasteiger partial charge in [-0.05, 0) is 0 Å².